The zero-order valence-corrected chi connectivity index (χ0v) is 42.8. The number of unbranched alkanes of at least 4 members (excludes halogenated alkanes) is 2. The Morgan fingerprint density at radius 2 is 1.50 bits per heavy atom. The molecule has 3 aromatic rings. The number of hydrogen-bond donors (Lipinski definition) is 7. The zero-order chi connectivity index (χ0) is 50.6. The molecule has 3 heterocycles. The maximum atomic E-state index is 12.4. The van der Waals surface area contributed by atoms with E-state index >= 15 is 0 Å². The number of nitrogen functional groups attached to an aromatic ring is 1. The molecule has 19 nitrogen and oxygen atoms in total. The Bertz CT molecular complexity index is 1850. The lowest BCUT2D eigenvalue weighted by Crippen LogP contribution is -2.46. The predicted octanol–water partition coefficient (Wildman–Crippen LogP) is 5.04. The summed E-state index contributed by atoms with van der Waals surface area (Å²) in [7, 11) is 3.50. The molecule has 0 atom stereocenters. The highest BCUT2D eigenvalue weighted by molar-refractivity contribution is 5.88. The second kappa shape index (κ2) is 36.8. The first-order valence-electron chi connectivity index (χ1n) is 24.5. The summed E-state index contributed by atoms with van der Waals surface area (Å²) in [5.41, 5.74) is 14.0. The molecule has 1 aliphatic heterocycles. The van der Waals surface area contributed by atoms with Gasteiger partial charge in [0.25, 0.3) is 0 Å². The molecule has 0 spiro atoms. The van der Waals surface area contributed by atoms with E-state index in [9.17, 15) is 14.7 Å². The first-order chi connectivity index (χ1) is 33.1. The number of piperazine rings is 1. The van der Waals surface area contributed by atoms with Crippen molar-refractivity contribution in [2.24, 2.45) is 11.1 Å². The van der Waals surface area contributed by atoms with Crippen LogP contribution in [0.25, 0.3) is 11.0 Å². The van der Waals surface area contributed by atoms with Gasteiger partial charge in [0.15, 0.2) is 5.82 Å². The number of methoxy groups -OCH3 is 1. The summed E-state index contributed by atoms with van der Waals surface area (Å²) < 4.78 is 25.2. The van der Waals surface area contributed by atoms with Crippen LogP contribution in [0.15, 0.2) is 42.4 Å². The molecule has 0 radical (unpaired) electrons. The molecule has 0 unspecified atom stereocenters. The van der Waals surface area contributed by atoms with E-state index in [1.165, 1.54) is 5.56 Å². The molecule has 1 aliphatic rings. The van der Waals surface area contributed by atoms with E-state index in [1.807, 2.05) is 40.0 Å². The number of ether oxygens (including phenoxy) is 4. The molecule has 0 bridgehead atoms. The number of primary amides is 1. The monoisotopic (exact) mass is 958 g/mol. The fourth-order valence-electron chi connectivity index (χ4n) is 7.31. The van der Waals surface area contributed by atoms with E-state index in [1.54, 1.807) is 34.2 Å². The normalized spacial score (nSPS) is 12.9. The van der Waals surface area contributed by atoms with Crippen LogP contribution in [0, 0.1) is 5.41 Å². The molecule has 2 amide bonds. The fourth-order valence-corrected chi connectivity index (χ4v) is 7.31. The Labute approximate surface area is 406 Å². The van der Waals surface area contributed by atoms with E-state index in [2.05, 4.69) is 76.5 Å². The van der Waals surface area contributed by atoms with E-state index in [-0.39, 0.29) is 31.2 Å². The zero-order valence-electron chi connectivity index (χ0n) is 42.8. The van der Waals surface area contributed by atoms with Crippen LogP contribution in [-0.4, -0.2) is 154 Å². The van der Waals surface area contributed by atoms with Crippen molar-refractivity contribution < 1.29 is 38.4 Å². The topological polar surface area (TPSA) is 246 Å². The predicted molar refractivity (Wildman–Crippen MR) is 273 cm³/mol. The van der Waals surface area contributed by atoms with Crippen LogP contribution in [-0.2, 0) is 41.7 Å². The van der Waals surface area contributed by atoms with Crippen molar-refractivity contribution in [3.8, 4) is 5.75 Å². The van der Waals surface area contributed by atoms with Crippen molar-refractivity contribution in [3.63, 3.8) is 0 Å². The highest BCUT2D eigenvalue weighted by atomic mass is 16.5. The van der Waals surface area contributed by atoms with Gasteiger partial charge in [0.05, 0.1) is 70.8 Å². The summed E-state index contributed by atoms with van der Waals surface area (Å²) in [6.45, 7) is 25.1. The molecule has 19 heteroatoms. The average Bonchev–Trinajstić information content (AvgIpc) is 3.76. The molecule has 1 saturated heterocycles. The Kier molecular flexibility index (Phi) is 32.9. The van der Waals surface area contributed by atoms with Gasteiger partial charge in [-0.2, -0.15) is 4.98 Å². The molecule has 0 aliphatic carbocycles. The Hall–Kier alpha value is -5.21. The number of benzene rings is 1. The van der Waals surface area contributed by atoms with Gasteiger partial charge < -0.3 is 61.4 Å². The molecule has 2 aromatic heterocycles. The van der Waals surface area contributed by atoms with Crippen molar-refractivity contribution in [1.29, 1.82) is 0 Å². The Morgan fingerprint density at radius 1 is 0.868 bits per heavy atom. The highest BCUT2D eigenvalue weighted by Crippen LogP contribution is 2.31. The SMILES string of the molecule is CC.CC.CCCCCNc1nc(N)nc2ccn(Cc3ccc(CN4CCN(CCOCCOCCOCCN/C=C(/CNC(=O)CC(CC)(CC)C(=O)O)NC)CC4)cc3OC)c12.NC=O. The number of rotatable bonds is 31. The number of anilines is 2. The van der Waals surface area contributed by atoms with E-state index in [0.29, 0.717) is 65.6 Å². The smallest absolute Gasteiger partial charge is 0.310 e. The minimum Gasteiger partial charge on any atom is -0.496 e. The number of carboxylic acid groups (broad SMARTS) is 1. The van der Waals surface area contributed by atoms with Crippen LogP contribution in [0.2, 0.25) is 0 Å². The van der Waals surface area contributed by atoms with Gasteiger partial charge in [0.1, 0.15) is 11.3 Å². The van der Waals surface area contributed by atoms with E-state index < -0.39 is 11.4 Å². The van der Waals surface area contributed by atoms with Crippen molar-refractivity contribution in [2.75, 3.05) is 117 Å². The summed E-state index contributed by atoms with van der Waals surface area (Å²) in [6, 6.07) is 8.52. The maximum Gasteiger partial charge on any atom is 0.310 e. The molecule has 9 N–H and O–H groups in total. The number of nitrogens with one attached hydrogen (secondary N) is 4. The summed E-state index contributed by atoms with van der Waals surface area (Å²) in [5.74, 6) is 0.692. The number of hydrogen-bond acceptors (Lipinski definition) is 15. The number of aliphatic carboxylic acids is 1. The lowest BCUT2D eigenvalue weighted by Gasteiger charge is -2.34. The number of nitrogens with two attached hydrogens (primary N) is 2. The van der Waals surface area contributed by atoms with Crippen LogP contribution in [0.4, 0.5) is 11.8 Å². The summed E-state index contributed by atoms with van der Waals surface area (Å²) in [6.07, 6.45) is 8.23. The molecule has 1 aromatic carbocycles. The lowest BCUT2D eigenvalue weighted by atomic mass is 9.79. The van der Waals surface area contributed by atoms with Gasteiger partial charge >= 0.3 is 5.97 Å². The molecule has 4 rings (SSSR count). The van der Waals surface area contributed by atoms with Crippen molar-refractivity contribution in [2.45, 2.75) is 100 Å². The summed E-state index contributed by atoms with van der Waals surface area (Å²) in [4.78, 5) is 46.6. The van der Waals surface area contributed by atoms with Crippen LogP contribution in [0.5, 0.6) is 5.75 Å². The molecular weight excluding hydrogens is 871 g/mol. The Balaban J connectivity index is 0.00000313. The van der Waals surface area contributed by atoms with Crippen LogP contribution in [0.3, 0.4) is 0 Å². The first kappa shape index (κ1) is 60.8. The number of fused-ring (bicyclic) bond motifs is 1. The molecule has 386 valence electrons. The van der Waals surface area contributed by atoms with Gasteiger partial charge in [-0.25, -0.2) is 4.98 Å². The van der Waals surface area contributed by atoms with Gasteiger partial charge in [0.2, 0.25) is 18.3 Å². The third-order valence-corrected chi connectivity index (χ3v) is 11.3. The first-order valence-corrected chi connectivity index (χ1v) is 24.5. The second-order valence-corrected chi connectivity index (χ2v) is 15.6. The number of amides is 2. The number of likely N-dealkylation sites (N-methyl/N-ethyl adjacent to an activating group) is 1. The van der Waals surface area contributed by atoms with Crippen molar-refractivity contribution in [3.05, 3.63) is 53.5 Å². The molecule has 0 saturated carbocycles. The molecule has 68 heavy (non-hydrogen) atoms. The van der Waals surface area contributed by atoms with Gasteiger partial charge in [-0.05, 0) is 37.0 Å². The van der Waals surface area contributed by atoms with Crippen molar-refractivity contribution >= 4 is 41.1 Å². The lowest BCUT2D eigenvalue weighted by molar-refractivity contribution is -0.152. The number of carbonyl (C=O) groups is 3. The summed E-state index contributed by atoms with van der Waals surface area (Å²) >= 11 is 0. The van der Waals surface area contributed by atoms with E-state index in [4.69, 9.17) is 29.5 Å². The number of carbonyl (C=O) groups excluding carboxylic acids is 2. The third-order valence-electron chi connectivity index (χ3n) is 11.3. The average molecular weight is 958 g/mol. The minimum absolute atomic E-state index is 0.0437. The van der Waals surface area contributed by atoms with Gasteiger partial charge in [0, 0.05) is 89.5 Å². The largest absolute Gasteiger partial charge is 0.496 e. The van der Waals surface area contributed by atoms with E-state index in [0.717, 1.165) is 98.9 Å². The standard InChI is InChI=1S/C44H72N10O7.2C2H6.CH3NO/c1-6-9-10-14-48-41-40-37(50-43(45)51-41)13-16-54(40)33-35-12-11-34(28-38(35)58-5)32-53-19-17-52(18-20-53)21-23-60-25-27-61-26-24-59-22-15-47-30-36(46-4)31-49-39(55)29-44(7-2,8-3)42(56)57;2*1-2;2-1-3/h11-13,16,28,30,46-47H,6-10,14-15,17-27,29,31-33H2,1-5H3,(H,49,55)(H,56,57)(H3,45,48,50,51);2*1-2H3;1H,(H2,2,3)/b36-30-;;;. The fraction of sp³-hybridized carbons (Fsp3) is 0.653. The number of nitrogens with zero attached hydrogens (tertiary/aromatic N) is 5. The Morgan fingerprint density at radius 3 is 2.10 bits per heavy atom. The summed E-state index contributed by atoms with van der Waals surface area (Å²) in [5, 5.41) is 22.1. The van der Waals surface area contributed by atoms with Gasteiger partial charge in [-0.15, -0.1) is 0 Å². The van der Waals surface area contributed by atoms with Crippen LogP contribution in [0.1, 0.15) is 98.1 Å². The highest BCUT2D eigenvalue weighted by Gasteiger charge is 2.37. The van der Waals surface area contributed by atoms with Gasteiger partial charge in [-0.1, -0.05) is 73.4 Å². The van der Waals surface area contributed by atoms with Gasteiger partial charge in [-0.3, -0.25) is 24.2 Å². The van der Waals surface area contributed by atoms with Crippen LogP contribution < -0.4 is 37.5 Å². The van der Waals surface area contributed by atoms with Crippen LogP contribution >= 0.6 is 0 Å². The quantitative estimate of drug-likeness (QED) is 0.0330. The second-order valence-electron chi connectivity index (χ2n) is 15.6. The maximum absolute atomic E-state index is 12.4. The number of carboxylic acids is 1. The van der Waals surface area contributed by atoms with Crippen molar-refractivity contribution in [1.82, 2.24) is 40.3 Å². The molecule has 1 fully saturated rings. The molecular formula is C49H87N11O8. The third kappa shape index (κ3) is 22.3. The number of aromatic nitrogens is 3. The minimum atomic E-state index is -1.03.